The summed E-state index contributed by atoms with van der Waals surface area (Å²) in [7, 11) is 4.68. The number of hydrogen-bond acceptors (Lipinski definition) is 8. The number of rotatable bonds is 2. The van der Waals surface area contributed by atoms with Crippen LogP contribution in [0.2, 0.25) is 0 Å². The number of methoxy groups -OCH3 is 1. The molecule has 0 saturated heterocycles. The van der Waals surface area contributed by atoms with Gasteiger partial charge in [0.05, 0.1) is 7.11 Å². The van der Waals surface area contributed by atoms with Crippen LogP contribution in [-0.4, -0.2) is 36.3 Å². The van der Waals surface area contributed by atoms with Crippen molar-refractivity contribution >= 4 is 17.8 Å². The highest BCUT2D eigenvalue weighted by molar-refractivity contribution is 5.35. The summed E-state index contributed by atoms with van der Waals surface area (Å²) in [5.41, 5.74) is 12.9. The number of nitrogens with zero attached hydrogens (tertiary/aromatic N) is 3. The summed E-state index contributed by atoms with van der Waals surface area (Å²) in [5, 5.41) is 0. The summed E-state index contributed by atoms with van der Waals surface area (Å²) in [4.78, 5) is 15.4. The van der Waals surface area contributed by atoms with Crippen LogP contribution >= 0.6 is 0 Å². The second-order valence-electron chi connectivity index (χ2n) is 2.09. The second kappa shape index (κ2) is 6.80. The summed E-state index contributed by atoms with van der Waals surface area (Å²) >= 11 is 0. The Morgan fingerprint density at radius 1 is 1.00 bits per heavy atom. The average molecular weight is 202 g/mol. The summed E-state index contributed by atoms with van der Waals surface area (Å²) in [6.07, 6.45) is 0. The summed E-state index contributed by atoms with van der Waals surface area (Å²) in [6, 6.07) is 0. The zero-order valence-corrected chi connectivity index (χ0v) is 8.31. The first-order valence-electron chi connectivity index (χ1n) is 3.60. The maximum absolute atomic E-state index is 5.25. The fourth-order valence-corrected chi connectivity index (χ4v) is 0.546. The molecule has 0 aliphatic carbocycles. The minimum Gasteiger partial charge on any atom is -0.388 e. The summed E-state index contributed by atoms with van der Waals surface area (Å²) in [6.45, 7) is 0. The molecule has 0 amide bonds. The first-order chi connectivity index (χ1) is 6.63. The van der Waals surface area contributed by atoms with Gasteiger partial charge < -0.3 is 16.2 Å². The third-order valence-electron chi connectivity index (χ3n) is 0.863. The van der Waals surface area contributed by atoms with E-state index in [0.29, 0.717) is 0 Å². The molecular formula is C6H14N6O2. The van der Waals surface area contributed by atoms with Crippen LogP contribution in [0.25, 0.3) is 0 Å². The van der Waals surface area contributed by atoms with Gasteiger partial charge in [-0.2, -0.15) is 15.0 Å². The number of nitrogens with one attached hydrogen (secondary N) is 1. The molecular weight excluding hydrogens is 188 g/mol. The van der Waals surface area contributed by atoms with Crippen molar-refractivity contribution in [2.75, 3.05) is 38.3 Å². The van der Waals surface area contributed by atoms with E-state index < -0.39 is 0 Å². The number of hydrogen-bond donors (Lipinski definition) is 3. The molecule has 1 heterocycles. The van der Waals surface area contributed by atoms with Gasteiger partial charge >= 0.3 is 0 Å². The fraction of sp³-hybridized carbons (Fsp3) is 0.500. The van der Waals surface area contributed by atoms with Crippen molar-refractivity contribution < 1.29 is 9.57 Å². The van der Waals surface area contributed by atoms with Gasteiger partial charge in [0.15, 0.2) is 0 Å². The van der Waals surface area contributed by atoms with E-state index in [2.05, 4.69) is 30.0 Å². The quantitative estimate of drug-likeness (QED) is 0.537. The molecule has 1 aromatic heterocycles. The van der Waals surface area contributed by atoms with Gasteiger partial charge in [0, 0.05) is 14.2 Å². The lowest BCUT2D eigenvalue weighted by Crippen LogP contribution is -2.08. The van der Waals surface area contributed by atoms with E-state index in [1.807, 2.05) is 0 Å². The van der Waals surface area contributed by atoms with Gasteiger partial charge in [-0.1, -0.05) is 0 Å². The third kappa shape index (κ3) is 5.06. The first kappa shape index (κ1) is 12.3. The lowest BCUT2D eigenvalue weighted by Gasteiger charge is -2.00. The Bertz CT molecular complexity index is 248. The van der Waals surface area contributed by atoms with E-state index in [-0.39, 0.29) is 17.8 Å². The van der Waals surface area contributed by atoms with Crippen LogP contribution in [0.15, 0.2) is 0 Å². The maximum atomic E-state index is 5.25. The van der Waals surface area contributed by atoms with Crippen LogP contribution in [0.3, 0.4) is 0 Å². The Balaban J connectivity index is 0.000000500. The third-order valence-corrected chi connectivity index (χ3v) is 0.863. The highest BCUT2D eigenvalue weighted by Crippen LogP contribution is 2.01. The van der Waals surface area contributed by atoms with Crippen LogP contribution in [0.4, 0.5) is 17.8 Å². The van der Waals surface area contributed by atoms with Crippen molar-refractivity contribution in [3.63, 3.8) is 0 Å². The average Bonchev–Trinajstić information content (AvgIpc) is 2.03. The van der Waals surface area contributed by atoms with E-state index in [4.69, 9.17) is 11.5 Å². The lowest BCUT2D eigenvalue weighted by atomic mass is 10.8. The van der Waals surface area contributed by atoms with Crippen molar-refractivity contribution in [2.45, 2.75) is 0 Å². The minimum absolute atomic E-state index is 0.0528. The highest BCUT2D eigenvalue weighted by Gasteiger charge is 1.98. The Morgan fingerprint density at radius 3 is 1.79 bits per heavy atom. The standard InChI is InChI=1S/C4H8N6O.C2H6O/c1-11-10-4-8-2(5)7-3(6)9-4;1-3-2/h1H3,(H5,5,6,7,8,9,10);1-2H3. The number of anilines is 3. The number of nitrogens with two attached hydrogens (primary N) is 2. The monoisotopic (exact) mass is 202 g/mol. The molecule has 0 aliphatic heterocycles. The molecule has 80 valence electrons. The molecule has 8 heteroatoms. The molecule has 0 radical (unpaired) electrons. The minimum atomic E-state index is 0.0528. The van der Waals surface area contributed by atoms with Gasteiger partial charge in [0.25, 0.3) is 5.95 Å². The van der Waals surface area contributed by atoms with Gasteiger partial charge in [-0.15, -0.1) is 0 Å². The zero-order valence-electron chi connectivity index (χ0n) is 8.31. The SMILES string of the molecule is COC.CONc1nc(N)nc(N)n1. The Labute approximate surface area is 81.6 Å². The molecule has 0 atom stereocenters. The van der Waals surface area contributed by atoms with Crippen LogP contribution in [-0.2, 0) is 9.57 Å². The predicted octanol–water partition coefficient (Wildman–Crippen LogP) is -0.728. The summed E-state index contributed by atoms with van der Waals surface area (Å²) in [5.74, 6) is 0.298. The van der Waals surface area contributed by atoms with Gasteiger partial charge in [-0.25, -0.2) is 5.48 Å². The molecule has 0 aliphatic rings. The van der Waals surface area contributed by atoms with E-state index in [1.54, 1.807) is 14.2 Å². The van der Waals surface area contributed by atoms with Gasteiger partial charge in [0.1, 0.15) is 0 Å². The fourth-order valence-electron chi connectivity index (χ4n) is 0.546. The first-order valence-corrected chi connectivity index (χ1v) is 3.60. The molecule has 0 aromatic carbocycles. The number of nitrogen functional groups attached to an aromatic ring is 2. The smallest absolute Gasteiger partial charge is 0.253 e. The van der Waals surface area contributed by atoms with Crippen LogP contribution in [0, 0.1) is 0 Å². The number of aromatic nitrogens is 3. The Hall–Kier alpha value is -1.67. The van der Waals surface area contributed by atoms with Crippen LogP contribution in [0.5, 0.6) is 0 Å². The maximum Gasteiger partial charge on any atom is 0.253 e. The second-order valence-corrected chi connectivity index (χ2v) is 2.09. The Morgan fingerprint density at radius 2 is 1.43 bits per heavy atom. The van der Waals surface area contributed by atoms with E-state index >= 15 is 0 Å². The number of ether oxygens (including phenoxy) is 1. The largest absolute Gasteiger partial charge is 0.388 e. The van der Waals surface area contributed by atoms with Gasteiger partial charge in [0.2, 0.25) is 11.9 Å². The molecule has 0 fully saturated rings. The van der Waals surface area contributed by atoms with Crippen molar-refractivity contribution in [1.29, 1.82) is 0 Å². The van der Waals surface area contributed by atoms with E-state index in [1.165, 1.54) is 7.11 Å². The normalized spacial score (nSPS) is 8.79. The van der Waals surface area contributed by atoms with Gasteiger partial charge in [-0.3, -0.25) is 4.84 Å². The molecule has 0 unspecified atom stereocenters. The molecule has 5 N–H and O–H groups in total. The molecule has 8 nitrogen and oxygen atoms in total. The van der Waals surface area contributed by atoms with Crippen molar-refractivity contribution in [3.05, 3.63) is 0 Å². The molecule has 0 spiro atoms. The van der Waals surface area contributed by atoms with Crippen molar-refractivity contribution in [1.82, 2.24) is 15.0 Å². The zero-order chi connectivity index (χ0) is 11.0. The molecule has 0 saturated carbocycles. The van der Waals surface area contributed by atoms with Crippen LogP contribution in [0.1, 0.15) is 0 Å². The summed E-state index contributed by atoms with van der Waals surface area (Å²) < 4.78 is 4.25. The lowest BCUT2D eigenvalue weighted by molar-refractivity contribution is 0.267. The van der Waals surface area contributed by atoms with E-state index in [9.17, 15) is 0 Å². The van der Waals surface area contributed by atoms with Crippen molar-refractivity contribution in [2.24, 2.45) is 0 Å². The van der Waals surface area contributed by atoms with Crippen molar-refractivity contribution in [3.8, 4) is 0 Å². The van der Waals surface area contributed by atoms with E-state index in [0.717, 1.165) is 0 Å². The Kier molecular flexibility index (Phi) is 5.99. The predicted molar refractivity (Wildman–Crippen MR) is 52.2 cm³/mol. The topological polar surface area (TPSA) is 121 Å². The molecule has 1 rings (SSSR count). The highest BCUT2D eigenvalue weighted by atomic mass is 16.6. The molecule has 1 aromatic rings. The molecule has 14 heavy (non-hydrogen) atoms. The molecule has 0 bridgehead atoms. The van der Waals surface area contributed by atoms with Gasteiger partial charge in [-0.05, 0) is 0 Å². The van der Waals surface area contributed by atoms with Crippen LogP contribution < -0.4 is 16.9 Å².